The molecule has 1 aliphatic carbocycles. The lowest BCUT2D eigenvalue weighted by molar-refractivity contribution is 0.0526. The van der Waals surface area contributed by atoms with Gasteiger partial charge in [-0.2, -0.15) is 5.10 Å². The monoisotopic (exact) mass is 496 g/mol. The summed E-state index contributed by atoms with van der Waals surface area (Å²) in [4.78, 5) is 31.6. The van der Waals surface area contributed by atoms with E-state index in [1.165, 1.54) is 23.6 Å². The molecule has 1 aliphatic rings. The normalized spacial score (nSPS) is 13.1. The first kappa shape index (κ1) is 23.1. The van der Waals surface area contributed by atoms with Gasteiger partial charge in [-0.1, -0.05) is 30.3 Å². The lowest BCUT2D eigenvalue weighted by atomic mass is 9.95. The number of thiophene rings is 1. The van der Waals surface area contributed by atoms with Crippen LogP contribution in [0, 0.1) is 0 Å². The molecule has 10 heteroatoms. The number of aryl methyl sites for hydroxylation is 1. The average molecular weight is 497 g/mol. The Kier molecular flexibility index (Phi) is 6.29. The lowest BCUT2D eigenvalue weighted by Gasteiger charge is -2.12. The molecule has 7 nitrogen and oxygen atoms in total. The fourth-order valence-corrected chi connectivity index (χ4v) is 5.57. The van der Waals surface area contributed by atoms with Gasteiger partial charge in [0.1, 0.15) is 16.3 Å². The number of amides is 1. The van der Waals surface area contributed by atoms with Gasteiger partial charge in [0, 0.05) is 10.4 Å². The predicted molar refractivity (Wildman–Crippen MR) is 128 cm³/mol. The topological polar surface area (TPSA) is 85.6 Å². The minimum absolute atomic E-state index is 0.0122. The minimum atomic E-state index is -2.82. The Morgan fingerprint density at radius 2 is 1.97 bits per heavy atom. The Morgan fingerprint density at radius 1 is 1.20 bits per heavy atom. The Morgan fingerprint density at radius 3 is 2.71 bits per heavy atom. The molecule has 0 radical (unpaired) electrons. The molecular formula is C25H22F2N4O3S. The van der Waals surface area contributed by atoms with Crippen LogP contribution in [0.15, 0.2) is 42.6 Å². The first-order valence-corrected chi connectivity index (χ1v) is 12.1. The molecule has 0 saturated heterocycles. The largest absolute Gasteiger partial charge is 0.462 e. The van der Waals surface area contributed by atoms with Crippen LogP contribution in [-0.2, 0) is 17.6 Å². The van der Waals surface area contributed by atoms with Gasteiger partial charge in [0.05, 0.1) is 24.1 Å². The summed E-state index contributed by atoms with van der Waals surface area (Å²) in [6.45, 7) is 1.94. The number of halogens is 2. The lowest BCUT2D eigenvalue weighted by Crippen LogP contribution is -2.16. The van der Waals surface area contributed by atoms with Gasteiger partial charge in [0.15, 0.2) is 5.65 Å². The molecule has 0 spiro atoms. The average Bonchev–Trinajstić information content (AvgIpc) is 3.45. The van der Waals surface area contributed by atoms with Gasteiger partial charge in [-0.15, -0.1) is 11.3 Å². The number of anilines is 1. The maximum atomic E-state index is 13.9. The van der Waals surface area contributed by atoms with E-state index < -0.39 is 18.3 Å². The molecule has 35 heavy (non-hydrogen) atoms. The van der Waals surface area contributed by atoms with Crippen LogP contribution in [0.1, 0.15) is 63.0 Å². The van der Waals surface area contributed by atoms with E-state index in [2.05, 4.69) is 15.4 Å². The molecule has 0 bridgehead atoms. The molecule has 1 N–H and O–H groups in total. The molecule has 0 fully saturated rings. The van der Waals surface area contributed by atoms with Gasteiger partial charge < -0.3 is 10.1 Å². The van der Waals surface area contributed by atoms with Crippen LogP contribution in [0.2, 0.25) is 0 Å². The summed E-state index contributed by atoms with van der Waals surface area (Å²) in [6.07, 6.45) is 1.94. The highest BCUT2D eigenvalue weighted by atomic mass is 32.1. The van der Waals surface area contributed by atoms with E-state index in [0.717, 1.165) is 40.6 Å². The number of fused-ring (bicyclic) bond motifs is 2. The predicted octanol–water partition coefficient (Wildman–Crippen LogP) is 5.70. The maximum absolute atomic E-state index is 13.9. The number of nitrogens with zero attached hydrogens (tertiary/aromatic N) is 3. The van der Waals surface area contributed by atoms with Crippen molar-refractivity contribution in [1.82, 2.24) is 14.6 Å². The van der Waals surface area contributed by atoms with Gasteiger partial charge in [-0.25, -0.2) is 23.1 Å². The van der Waals surface area contributed by atoms with Crippen LogP contribution in [0.25, 0.3) is 16.9 Å². The molecule has 0 unspecified atom stereocenters. The van der Waals surface area contributed by atoms with Crippen molar-refractivity contribution >= 4 is 33.9 Å². The van der Waals surface area contributed by atoms with Crippen LogP contribution in [0.5, 0.6) is 0 Å². The summed E-state index contributed by atoms with van der Waals surface area (Å²) in [5.74, 6) is -1.06. The van der Waals surface area contributed by atoms with Crippen molar-refractivity contribution in [2.24, 2.45) is 0 Å². The first-order valence-electron chi connectivity index (χ1n) is 11.3. The van der Waals surface area contributed by atoms with E-state index in [-0.39, 0.29) is 23.5 Å². The van der Waals surface area contributed by atoms with Crippen molar-refractivity contribution in [2.75, 3.05) is 11.9 Å². The summed E-state index contributed by atoms with van der Waals surface area (Å²) in [5.41, 5.74) is 1.92. The molecule has 3 aromatic heterocycles. The number of benzene rings is 1. The maximum Gasteiger partial charge on any atom is 0.341 e. The summed E-state index contributed by atoms with van der Waals surface area (Å²) in [6, 6.07) is 10.2. The molecule has 0 saturated carbocycles. The summed E-state index contributed by atoms with van der Waals surface area (Å²) in [5, 5.41) is 7.22. The third-order valence-corrected chi connectivity index (χ3v) is 7.12. The number of hydrogen-bond acceptors (Lipinski definition) is 6. The molecule has 4 aromatic rings. The van der Waals surface area contributed by atoms with Crippen LogP contribution in [0.4, 0.5) is 13.8 Å². The zero-order valence-electron chi connectivity index (χ0n) is 18.9. The van der Waals surface area contributed by atoms with Crippen LogP contribution < -0.4 is 5.32 Å². The third kappa shape index (κ3) is 4.29. The van der Waals surface area contributed by atoms with E-state index in [1.54, 1.807) is 31.2 Å². The number of carbonyl (C=O) groups excluding carboxylic acids is 2. The smallest absolute Gasteiger partial charge is 0.341 e. The van der Waals surface area contributed by atoms with E-state index in [1.807, 2.05) is 6.07 Å². The highest BCUT2D eigenvalue weighted by Crippen LogP contribution is 2.39. The second-order valence-corrected chi connectivity index (χ2v) is 9.22. The number of hydrogen-bond donors (Lipinski definition) is 1. The molecule has 3 heterocycles. The first-order chi connectivity index (χ1) is 17.0. The van der Waals surface area contributed by atoms with Crippen molar-refractivity contribution in [3.63, 3.8) is 0 Å². The second kappa shape index (κ2) is 9.53. The van der Waals surface area contributed by atoms with E-state index in [4.69, 9.17) is 4.74 Å². The van der Waals surface area contributed by atoms with Gasteiger partial charge in [0.25, 0.3) is 12.3 Å². The number of rotatable bonds is 6. The fraction of sp³-hybridized carbons (Fsp3) is 0.280. The summed E-state index contributed by atoms with van der Waals surface area (Å²) >= 11 is 1.35. The molecule has 0 aliphatic heterocycles. The third-order valence-electron chi connectivity index (χ3n) is 5.92. The van der Waals surface area contributed by atoms with E-state index >= 15 is 0 Å². The standard InChI is InChI=1S/C25H22F2N4O3S/c1-2-34-25(33)20-15-10-6-7-11-19(15)35-24(20)30-23(32)16-13-28-31-18(21(26)27)12-17(29-22(16)31)14-8-4-3-5-9-14/h3-5,8-9,12-13,21H,2,6-7,10-11H2,1H3,(H,30,32). The molecule has 1 amide bonds. The second-order valence-electron chi connectivity index (χ2n) is 8.12. The van der Waals surface area contributed by atoms with Gasteiger partial charge in [-0.05, 0) is 44.2 Å². The Bertz CT molecular complexity index is 1420. The fourth-order valence-electron chi connectivity index (χ4n) is 4.30. The van der Waals surface area contributed by atoms with Crippen molar-refractivity contribution in [1.29, 1.82) is 0 Å². The SMILES string of the molecule is CCOC(=O)c1c(NC(=O)c2cnn3c(C(F)F)cc(-c4ccccc4)nc23)sc2c1CCCC2. The van der Waals surface area contributed by atoms with Gasteiger partial charge in [0.2, 0.25) is 0 Å². The van der Waals surface area contributed by atoms with Crippen molar-refractivity contribution in [3.8, 4) is 11.3 Å². The molecule has 1 aromatic carbocycles. The minimum Gasteiger partial charge on any atom is -0.462 e. The van der Waals surface area contributed by atoms with Gasteiger partial charge >= 0.3 is 5.97 Å². The highest BCUT2D eigenvalue weighted by molar-refractivity contribution is 7.17. The van der Waals surface area contributed by atoms with E-state index in [0.29, 0.717) is 21.8 Å². The molecule has 180 valence electrons. The number of carbonyl (C=O) groups is 2. The van der Waals surface area contributed by atoms with Crippen molar-refractivity contribution in [3.05, 3.63) is 69.9 Å². The zero-order valence-corrected chi connectivity index (χ0v) is 19.7. The van der Waals surface area contributed by atoms with Crippen LogP contribution in [-0.4, -0.2) is 33.1 Å². The van der Waals surface area contributed by atoms with Crippen LogP contribution >= 0.6 is 11.3 Å². The molecular weight excluding hydrogens is 474 g/mol. The van der Waals surface area contributed by atoms with Crippen molar-refractivity contribution in [2.45, 2.75) is 39.0 Å². The zero-order chi connectivity index (χ0) is 24.5. The summed E-state index contributed by atoms with van der Waals surface area (Å²) in [7, 11) is 0. The van der Waals surface area contributed by atoms with E-state index in [9.17, 15) is 18.4 Å². The van der Waals surface area contributed by atoms with Crippen LogP contribution in [0.3, 0.4) is 0 Å². The number of alkyl halides is 2. The number of ether oxygens (including phenoxy) is 1. The van der Waals surface area contributed by atoms with Crippen molar-refractivity contribution < 1.29 is 23.1 Å². The van der Waals surface area contributed by atoms with Gasteiger partial charge in [-0.3, -0.25) is 4.79 Å². The Labute approximate surface area is 203 Å². The number of aromatic nitrogens is 3. The quantitative estimate of drug-likeness (QED) is 0.346. The highest BCUT2D eigenvalue weighted by Gasteiger charge is 2.29. The Hall–Kier alpha value is -3.66. The molecule has 5 rings (SSSR count). The summed E-state index contributed by atoms with van der Waals surface area (Å²) < 4.78 is 33.9. The number of esters is 1. The Balaban J connectivity index is 1.57. The molecule has 0 atom stereocenters. The number of nitrogens with one attached hydrogen (secondary N) is 1.